The van der Waals surface area contributed by atoms with E-state index >= 15 is 0 Å². The van der Waals surface area contributed by atoms with Crippen LogP contribution in [0.1, 0.15) is 46.0 Å². The van der Waals surface area contributed by atoms with Crippen molar-refractivity contribution >= 4 is 0 Å². The van der Waals surface area contributed by atoms with Gasteiger partial charge in [-0.1, -0.05) is 19.1 Å². The average molecular weight is 248 g/mol. The summed E-state index contributed by atoms with van der Waals surface area (Å²) in [6, 6.07) is 0.864. The lowest BCUT2D eigenvalue weighted by molar-refractivity contribution is 0.145. The van der Waals surface area contributed by atoms with E-state index in [4.69, 9.17) is 0 Å². The van der Waals surface area contributed by atoms with Crippen LogP contribution in [0.2, 0.25) is 0 Å². The van der Waals surface area contributed by atoms with Crippen LogP contribution < -0.4 is 0 Å². The Labute approximate surface area is 112 Å². The Hall–Kier alpha value is -0.760. The molecule has 0 aromatic carbocycles. The molecule has 0 unspecified atom stereocenters. The average Bonchev–Trinajstić information content (AvgIpc) is 2.94. The Kier molecular flexibility index (Phi) is 5.30. The van der Waals surface area contributed by atoms with Crippen molar-refractivity contribution < 1.29 is 0 Å². The molecule has 2 heterocycles. The summed E-state index contributed by atoms with van der Waals surface area (Å²) in [6.45, 7) is 9.54. The maximum absolute atomic E-state index is 2.72. The van der Waals surface area contributed by atoms with Crippen LogP contribution in [0.5, 0.6) is 0 Å². The van der Waals surface area contributed by atoms with Gasteiger partial charge in [-0.2, -0.15) is 0 Å². The summed E-state index contributed by atoms with van der Waals surface area (Å²) in [5, 5.41) is 0. The van der Waals surface area contributed by atoms with E-state index in [1.54, 1.807) is 0 Å². The van der Waals surface area contributed by atoms with Crippen LogP contribution in [0.25, 0.3) is 0 Å². The Morgan fingerprint density at radius 2 is 1.78 bits per heavy atom. The second-order valence-corrected chi connectivity index (χ2v) is 5.50. The second-order valence-electron chi connectivity index (χ2n) is 5.50. The predicted molar refractivity (Wildman–Crippen MR) is 78.6 cm³/mol. The SMILES string of the molecule is C/C=C\C=C(/CC)N1CCC(N2CCCC2)CC1. The van der Waals surface area contributed by atoms with E-state index in [9.17, 15) is 0 Å². The maximum atomic E-state index is 2.72. The van der Waals surface area contributed by atoms with Gasteiger partial charge in [0.05, 0.1) is 0 Å². The Morgan fingerprint density at radius 1 is 1.11 bits per heavy atom. The number of likely N-dealkylation sites (tertiary alicyclic amines) is 2. The van der Waals surface area contributed by atoms with Crippen molar-refractivity contribution in [3.05, 3.63) is 23.9 Å². The highest BCUT2D eigenvalue weighted by molar-refractivity contribution is 5.11. The molecule has 0 aliphatic carbocycles. The minimum atomic E-state index is 0.864. The fourth-order valence-corrected chi connectivity index (χ4v) is 3.28. The zero-order valence-corrected chi connectivity index (χ0v) is 12.1. The molecular weight excluding hydrogens is 220 g/mol. The van der Waals surface area contributed by atoms with Crippen LogP contribution in [0.3, 0.4) is 0 Å². The lowest BCUT2D eigenvalue weighted by atomic mass is 10.0. The molecular formula is C16H28N2. The molecule has 0 amide bonds. The quantitative estimate of drug-likeness (QED) is 0.703. The van der Waals surface area contributed by atoms with Crippen molar-refractivity contribution in [2.45, 2.75) is 52.0 Å². The lowest BCUT2D eigenvalue weighted by Crippen LogP contribution is -2.43. The molecule has 2 heteroatoms. The van der Waals surface area contributed by atoms with Gasteiger partial charge in [-0.3, -0.25) is 0 Å². The highest BCUT2D eigenvalue weighted by Gasteiger charge is 2.26. The summed E-state index contributed by atoms with van der Waals surface area (Å²) < 4.78 is 0. The molecule has 0 radical (unpaired) electrons. The number of hydrogen-bond donors (Lipinski definition) is 0. The van der Waals surface area contributed by atoms with Gasteiger partial charge in [0, 0.05) is 24.8 Å². The molecule has 0 spiro atoms. The molecule has 0 N–H and O–H groups in total. The Morgan fingerprint density at radius 3 is 2.33 bits per heavy atom. The minimum Gasteiger partial charge on any atom is -0.375 e. The fraction of sp³-hybridized carbons (Fsp3) is 0.750. The van der Waals surface area contributed by atoms with Crippen LogP contribution >= 0.6 is 0 Å². The molecule has 2 fully saturated rings. The summed E-state index contributed by atoms with van der Waals surface area (Å²) in [7, 11) is 0. The van der Waals surface area contributed by atoms with Crippen LogP contribution in [0, 0.1) is 0 Å². The van der Waals surface area contributed by atoms with Crippen molar-refractivity contribution in [1.29, 1.82) is 0 Å². The predicted octanol–water partition coefficient (Wildman–Crippen LogP) is 3.42. The molecule has 2 saturated heterocycles. The van der Waals surface area contributed by atoms with Gasteiger partial charge >= 0.3 is 0 Å². The van der Waals surface area contributed by atoms with Crippen LogP contribution in [-0.4, -0.2) is 42.0 Å². The summed E-state index contributed by atoms with van der Waals surface area (Å²) in [5.41, 5.74) is 1.51. The molecule has 2 aliphatic rings. The van der Waals surface area contributed by atoms with E-state index in [0.29, 0.717) is 0 Å². The van der Waals surface area contributed by atoms with Gasteiger partial charge in [0.15, 0.2) is 0 Å². The Balaban J connectivity index is 1.85. The van der Waals surface area contributed by atoms with E-state index in [1.165, 1.54) is 57.6 Å². The van der Waals surface area contributed by atoms with Gasteiger partial charge < -0.3 is 9.80 Å². The van der Waals surface area contributed by atoms with E-state index in [0.717, 1.165) is 12.5 Å². The standard InChI is InChI=1S/C16H28N2/c1-3-5-8-15(4-2)18-13-9-16(10-14-18)17-11-6-7-12-17/h3,5,8,16H,4,6-7,9-14H2,1-2H3/b5-3-,15-8+. The molecule has 0 atom stereocenters. The number of rotatable bonds is 4. The van der Waals surface area contributed by atoms with Crippen molar-refractivity contribution in [3.8, 4) is 0 Å². The fourth-order valence-electron chi connectivity index (χ4n) is 3.28. The smallest absolute Gasteiger partial charge is 0.0189 e. The van der Waals surface area contributed by atoms with E-state index in [2.05, 4.69) is 41.9 Å². The third-order valence-electron chi connectivity index (χ3n) is 4.37. The van der Waals surface area contributed by atoms with Crippen LogP contribution in [0.15, 0.2) is 23.9 Å². The molecule has 2 rings (SSSR count). The van der Waals surface area contributed by atoms with Gasteiger partial charge in [0.25, 0.3) is 0 Å². The highest BCUT2D eigenvalue weighted by Crippen LogP contribution is 2.23. The van der Waals surface area contributed by atoms with E-state index in [-0.39, 0.29) is 0 Å². The third kappa shape index (κ3) is 3.38. The third-order valence-corrected chi connectivity index (χ3v) is 4.37. The van der Waals surface area contributed by atoms with E-state index in [1.807, 2.05) is 0 Å². The number of hydrogen-bond acceptors (Lipinski definition) is 2. The van der Waals surface area contributed by atoms with Gasteiger partial charge in [0.1, 0.15) is 0 Å². The van der Waals surface area contributed by atoms with Gasteiger partial charge in [-0.25, -0.2) is 0 Å². The summed E-state index contributed by atoms with van der Waals surface area (Å²) >= 11 is 0. The molecule has 0 bridgehead atoms. The summed E-state index contributed by atoms with van der Waals surface area (Å²) in [5.74, 6) is 0. The van der Waals surface area contributed by atoms with Crippen molar-refractivity contribution in [2.75, 3.05) is 26.2 Å². The number of nitrogens with zero attached hydrogens (tertiary/aromatic N) is 2. The maximum Gasteiger partial charge on any atom is 0.0189 e. The molecule has 18 heavy (non-hydrogen) atoms. The summed E-state index contributed by atoms with van der Waals surface area (Å²) in [4.78, 5) is 5.31. The molecule has 0 aromatic heterocycles. The molecule has 0 aromatic rings. The zero-order chi connectivity index (χ0) is 12.8. The minimum absolute atomic E-state index is 0.864. The second kappa shape index (κ2) is 6.98. The summed E-state index contributed by atoms with van der Waals surface area (Å²) in [6.07, 6.45) is 13.3. The first-order chi connectivity index (χ1) is 8.85. The van der Waals surface area contributed by atoms with Crippen LogP contribution in [0.4, 0.5) is 0 Å². The normalized spacial score (nSPS) is 24.3. The van der Waals surface area contributed by atoms with Gasteiger partial charge in [0.2, 0.25) is 0 Å². The topological polar surface area (TPSA) is 6.48 Å². The first-order valence-corrected chi connectivity index (χ1v) is 7.66. The largest absolute Gasteiger partial charge is 0.375 e. The number of piperidine rings is 1. The van der Waals surface area contributed by atoms with Crippen LogP contribution in [-0.2, 0) is 0 Å². The zero-order valence-electron chi connectivity index (χ0n) is 12.1. The number of allylic oxidation sites excluding steroid dienone is 4. The molecule has 102 valence electrons. The van der Waals surface area contributed by atoms with Crippen molar-refractivity contribution in [3.63, 3.8) is 0 Å². The highest BCUT2D eigenvalue weighted by atomic mass is 15.2. The van der Waals surface area contributed by atoms with Crippen molar-refractivity contribution in [2.24, 2.45) is 0 Å². The monoisotopic (exact) mass is 248 g/mol. The molecule has 2 aliphatic heterocycles. The Bertz CT molecular complexity index is 292. The van der Waals surface area contributed by atoms with Gasteiger partial charge in [-0.05, 0) is 58.2 Å². The van der Waals surface area contributed by atoms with E-state index < -0.39 is 0 Å². The lowest BCUT2D eigenvalue weighted by Gasteiger charge is -2.38. The first kappa shape index (κ1) is 13.7. The first-order valence-electron chi connectivity index (χ1n) is 7.66. The van der Waals surface area contributed by atoms with Crippen molar-refractivity contribution in [1.82, 2.24) is 9.80 Å². The molecule has 0 saturated carbocycles. The molecule has 2 nitrogen and oxygen atoms in total. The van der Waals surface area contributed by atoms with Gasteiger partial charge in [-0.15, -0.1) is 0 Å².